The molecule has 0 saturated heterocycles. The Balaban J connectivity index is 1.82. The van der Waals surface area contributed by atoms with Crippen LogP contribution in [0, 0.1) is 0 Å². The number of halogens is 1. The van der Waals surface area contributed by atoms with Crippen LogP contribution in [-0.2, 0) is 13.0 Å². The molecule has 2 heterocycles. The van der Waals surface area contributed by atoms with Crippen LogP contribution in [0.15, 0.2) is 39.5 Å². The zero-order valence-electron chi connectivity index (χ0n) is 17.3. The van der Waals surface area contributed by atoms with E-state index in [0.717, 1.165) is 41.5 Å². The molecule has 158 valence electrons. The summed E-state index contributed by atoms with van der Waals surface area (Å²) in [6.07, 6.45) is 2.82. The van der Waals surface area contributed by atoms with Gasteiger partial charge in [-0.1, -0.05) is 24.9 Å². The highest BCUT2D eigenvalue weighted by Crippen LogP contribution is 2.41. The zero-order chi connectivity index (χ0) is 21.3. The van der Waals surface area contributed by atoms with E-state index in [1.54, 1.807) is 20.3 Å². The lowest BCUT2D eigenvalue weighted by Crippen LogP contribution is -2.32. The molecule has 0 spiro atoms. The molecule has 2 aromatic carbocycles. The Labute approximate surface area is 179 Å². The van der Waals surface area contributed by atoms with Crippen molar-refractivity contribution in [1.82, 2.24) is 0 Å². The third-order valence-corrected chi connectivity index (χ3v) is 5.62. The van der Waals surface area contributed by atoms with Gasteiger partial charge in [-0.05, 0) is 24.5 Å². The fraction of sp³-hybridized carbons (Fsp3) is 0.348. The van der Waals surface area contributed by atoms with Gasteiger partial charge in [0.15, 0.2) is 6.73 Å². The number of methoxy groups -OCH3 is 2. The third-order valence-electron chi connectivity index (χ3n) is 5.34. The highest BCUT2D eigenvalue weighted by atomic mass is 35.5. The molecule has 0 fully saturated rings. The van der Waals surface area contributed by atoms with Gasteiger partial charge in [0, 0.05) is 35.3 Å². The SMILES string of the molecule is CCCCc1cc(=O)oc2c3c(c(Cl)cc12)OCN(c1cc(OC)cc(OC)c1)C3. The Morgan fingerprint density at radius 1 is 1.10 bits per heavy atom. The predicted octanol–water partition coefficient (Wildman–Crippen LogP) is 5.16. The number of benzene rings is 2. The van der Waals surface area contributed by atoms with Crippen molar-refractivity contribution in [3.63, 3.8) is 0 Å². The summed E-state index contributed by atoms with van der Waals surface area (Å²) in [4.78, 5) is 14.3. The molecule has 4 rings (SSSR count). The van der Waals surface area contributed by atoms with Gasteiger partial charge < -0.3 is 23.5 Å². The van der Waals surface area contributed by atoms with Crippen LogP contribution < -0.4 is 24.7 Å². The Morgan fingerprint density at radius 2 is 1.83 bits per heavy atom. The predicted molar refractivity (Wildman–Crippen MR) is 117 cm³/mol. The fourth-order valence-corrected chi connectivity index (χ4v) is 4.04. The number of fused-ring (bicyclic) bond motifs is 3. The molecule has 30 heavy (non-hydrogen) atoms. The molecule has 0 N–H and O–H groups in total. The molecule has 0 radical (unpaired) electrons. The highest BCUT2D eigenvalue weighted by molar-refractivity contribution is 6.33. The molecule has 1 aliphatic heterocycles. The van der Waals surface area contributed by atoms with Crippen molar-refractivity contribution < 1.29 is 18.6 Å². The first-order valence-electron chi connectivity index (χ1n) is 9.93. The minimum Gasteiger partial charge on any atom is -0.497 e. The molecule has 6 nitrogen and oxygen atoms in total. The maximum absolute atomic E-state index is 12.3. The number of unbranched alkanes of at least 4 members (excludes halogenated alkanes) is 1. The van der Waals surface area contributed by atoms with Gasteiger partial charge in [-0.2, -0.15) is 0 Å². The number of anilines is 1. The van der Waals surface area contributed by atoms with Crippen LogP contribution in [0.2, 0.25) is 5.02 Å². The largest absolute Gasteiger partial charge is 0.497 e. The van der Waals surface area contributed by atoms with Crippen LogP contribution >= 0.6 is 11.6 Å². The number of hydrogen-bond acceptors (Lipinski definition) is 6. The molecule has 0 bridgehead atoms. The van der Waals surface area contributed by atoms with Gasteiger partial charge in [0.1, 0.15) is 22.8 Å². The molecule has 0 saturated carbocycles. The van der Waals surface area contributed by atoms with E-state index >= 15 is 0 Å². The van der Waals surface area contributed by atoms with Crippen molar-refractivity contribution in [1.29, 1.82) is 0 Å². The van der Waals surface area contributed by atoms with Crippen LogP contribution in [0.5, 0.6) is 17.2 Å². The van der Waals surface area contributed by atoms with Crippen molar-refractivity contribution in [2.75, 3.05) is 25.9 Å². The summed E-state index contributed by atoms with van der Waals surface area (Å²) in [6, 6.07) is 9.04. The molecule has 0 atom stereocenters. The van der Waals surface area contributed by atoms with Crippen molar-refractivity contribution >= 4 is 28.3 Å². The second-order valence-electron chi connectivity index (χ2n) is 7.28. The van der Waals surface area contributed by atoms with Gasteiger partial charge in [0.25, 0.3) is 0 Å². The molecular formula is C23H24ClNO5. The van der Waals surface area contributed by atoms with Crippen LogP contribution in [-0.4, -0.2) is 21.0 Å². The molecule has 1 aromatic heterocycles. The first kappa shape index (κ1) is 20.4. The number of aryl methyl sites for hydroxylation is 1. The van der Waals surface area contributed by atoms with E-state index in [-0.39, 0.29) is 5.63 Å². The summed E-state index contributed by atoms with van der Waals surface area (Å²) < 4.78 is 22.4. The molecule has 0 amide bonds. The summed E-state index contributed by atoms with van der Waals surface area (Å²) in [7, 11) is 3.22. The summed E-state index contributed by atoms with van der Waals surface area (Å²) in [5.41, 5.74) is 2.76. The Kier molecular flexibility index (Phi) is 5.77. The third kappa shape index (κ3) is 3.79. The van der Waals surface area contributed by atoms with Crippen LogP contribution in [0.1, 0.15) is 30.9 Å². The first-order chi connectivity index (χ1) is 14.5. The van der Waals surface area contributed by atoms with Gasteiger partial charge in [0.05, 0.1) is 31.4 Å². The van der Waals surface area contributed by atoms with Crippen molar-refractivity contribution in [2.45, 2.75) is 32.7 Å². The van der Waals surface area contributed by atoms with E-state index in [0.29, 0.717) is 41.1 Å². The molecular weight excluding hydrogens is 406 g/mol. The summed E-state index contributed by atoms with van der Waals surface area (Å²) >= 11 is 6.55. The highest BCUT2D eigenvalue weighted by Gasteiger charge is 2.26. The van der Waals surface area contributed by atoms with Gasteiger partial charge in [-0.3, -0.25) is 0 Å². The lowest BCUT2D eigenvalue weighted by atomic mass is 10.0. The minimum absolute atomic E-state index is 0.300. The molecule has 3 aromatic rings. The zero-order valence-corrected chi connectivity index (χ0v) is 18.0. The smallest absolute Gasteiger partial charge is 0.336 e. The number of ether oxygens (including phenoxy) is 3. The second kappa shape index (κ2) is 8.48. The van der Waals surface area contributed by atoms with Crippen molar-refractivity contribution in [3.05, 3.63) is 56.9 Å². The van der Waals surface area contributed by atoms with E-state index < -0.39 is 0 Å². The average molecular weight is 430 g/mol. The quantitative estimate of drug-likeness (QED) is 0.504. The summed E-state index contributed by atoms with van der Waals surface area (Å²) in [5.74, 6) is 1.92. The minimum atomic E-state index is -0.363. The van der Waals surface area contributed by atoms with Gasteiger partial charge in [-0.15, -0.1) is 0 Å². The second-order valence-corrected chi connectivity index (χ2v) is 7.69. The first-order valence-corrected chi connectivity index (χ1v) is 10.3. The maximum Gasteiger partial charge on any atom is 0.336 e. The number of nitrogens with zero attached hydrogens (tertiary/aromatic N) is 1. The number of rotatable bonds is 6. The fourth-order valence-electron chi connectivity index (χ4n) is 3.77. The van der Waals surface area contributed by atoms with Crippen molar-refractivity contribution in [3.8, 4) is 17.2 Å². The Morgan fingerprint density at radius 3 is 2.50 bits per heavy atom. The molecule has 0 unspecified atom stereocenters. The van der Waals surface area contributed by atoms with Gasteiger partial charge >= 0.3 is 5.63 Å². The van der Waals surface area contributed by atoms with Crippen LogP contribution in [0.4, 0.5) is 5.69 Å². The van der Waals surface area contributed by atoms with Crippen LogP contribution in [0.25, 0.3) is 11.0 Å². The molecule has 1 aliphatic rings. The molecule has 7 heteroatoms. The molecule has 0 aliphatic carbocycles. The topological polar surface area (TPSA) is 61.1 Å². The maximum atomic E-state index is 12.3. The Bertz CT molecular complexity index is 1120. The standard InChI is InChI=1S/C23H24ClNO5/c1-4-5-6-14-7-21(26)30-22-18(14)11-20(24)23-19(22)12-25(13-29-23)15-8-16(27-2)10-17(9-15)28-3/h7-11H,4-6,12-13H2,1-3H3. The normalized spacial score (nSPS) is 13.1. The van der Waals surface area contributed by atoms with E-state index in [1.807, 2.05) is 29.2 Å². The Hall–Kier alpha value is -2.86. The van der Waals surface area contributed by atoms with Crippen LogP contribution in [0.3, 0.4) is 0 Å². The monoisotopic (exact) mass is 429 g/mol. The lowest BCUT2D eigenvalue weighted by molar-refractivity contribution is 0.289. The summed E-state index contributed by atoms with van der Waals surface area (Å²) in [5, 5.41) is 1.38. The van der Waals surface area contributed by atoms with E-state index in [1.165, 1.54) is 0 Å². The average Bonchev–Trinajstić information content (AvgIpc) is 2.77. The number of hydrogen-bond donors (Lipinski definition) is 0. The van der Waals surface area contributed by atoms with Gasteiger partial charge in [-0.25, -0.2) is 4.79 Å². The van der Waals surface area contributed by atoms with E-state index in [4.69, 9.17) is 30.2 Å². The van der Waals surface area contributed by atoms with E-state index in [9.17, 15) is 4.79 Å². The van der Waals surface area contributed by atoms with Gasteiger partial charge in [0.2, 0.25) is 0 Å². The lowest BCUT2D eigenvalue weighted by Gasteiger charge is -2.32. The van der Waals surface area contributed by atoms with Crippen molar-refractivity contribution in [2.24, 2.45) is 0 Å². The van der Waals surface area contributed by atoms with E-state index in [2.05, 4.69) is 6.92 Å². The summed E-state index contributed by atoms with van der Waals surface area (Å²) in [6.45, 7) is 2.90.